The number of nitrogens with zero attached hydrogens (tertiary/aromatic N) is 1. The minimum absolute atomic E-state index is 0.0822. The standard InChI is InChI=1S/C11H8N2O3/c1-6(14)13-7-4-5-12-11-9(16)3-2-8(15)10(7)11/h2-5H,1H3,(H,12,13,14). The van der Waals surface area contributed by atoms with Crippen molar-refractivity contribution in [3.63, 3.8) is 0 Å². The second kappa shape index (κ2) is 3.69. The monoisotopic (exact) mass is 216 g/mol. The second-order valence-corrected chi connectivity index (χ2v) is 3.33. The van der Waals surface area contributed by atoms with E-state index in [-0.39, 0.29) is 28.7 Å². The van der Waals surface area contributed by atoms with Crippen molar-refractivity contribution < 1.29 is 14.4 Å². The molecule has 0 unspecified atom stereocenters. The third kappa shape index (κ3) is 1.63. The Bertz CT molecular complexity index is 532. The van der Waals surface area contributed by atoms with Gasteiger partial charge < -0.3 is 5.32 Å². The molecule has 80 valence electrons. The van der Waals surface area contributed by atoms with E-state index in [1.54, 1.807) is 0 Å². The number of amides is 1. The summed E-state index contributed by atoms with van der Waals surface area (Å²) in [6.07, 6.45) is 3.74. The number of pyridine rings is 1. The zero-order chi connectivity index (χ0) is 11.7. The van der Waals surface area contributed by atoms with Gasteiger partial charge in [0, 0.05) is 13.1 Å². The van der Waals surface area contributed by atoms with Gasteiger partial charge in [-0.05, 0) is 18.2 Å². The van der Waals surface area contributed by atoms with Crippen LogP contribution in [0.2, 0.25) is 0 Å². The number of carbonyl (C=O) groups excluding carboxylic acids is 3. The van der Waals surface area contributed by atoms with Gasteiger partial charge in [0.1, 0.15) is 5.69 Å². The van der Waals surface area contributed by atoms with Crippen molar-refractivity contribution in [1.82, 2.24) is 4.98 Å². The highest BCUT2D eigenvalue weighted by molar-refractivity contribution is 6.23. The molecule has 1 heterocycles. The Labute approximate surface area is 91.2 Å². The van der Waals surface area contributed by atoms with E-state index in [9.17, 15) is 14.4 Å². The first-order chi connectivity index (χ1) is 7.59. The van der Waals surface area contributed by atoms with Crippen LogP contribution < -0.4 is 5.32 Å². The van der Waals surface area contributed by atoms with E-state index in [1.165, 1.54) is 31.3 Å². The molecule has 0 bridgehead atoms. The fourth-order valence-corrected chi connectivity index (χ4v) is 1.51. The average molecular weight is 216 g/mol. The molecule has 0 fully saturated rings. The van der Waals surface area contributed by atoms with Gasteiger partial charge in [-0.15, -0.1) is 0 Å². The summed E-state index contributed by atoms with van der Waals surface area (Å²) in [5.74, 6) is -0.962. The Hall–Kier alpha value is -2.30. The van der Waals surface area contributed by atoms with Gasteiger partial charge in [0.05, 0.1) is 11.3 Å². The summed E-state index contributed by atoms with van der Waals surface area (Å²) in [7, 11) is 0. The predicted octanol–water partition coefficient (Wildman–Crippen LogP) is 0.975. The molecule has 1 N–H and O–H groups in total. The second-order valence-electron chi connectivity index (χ2n) is 3.33. The van der Waals surface area contributed by atoms with Gasteiger partial charge in [-0.25, -0.2) is 0 Å². The molecule has 1 aromatic rings. The van der Waals surface area contributed by atoms with Gasteiger partial charge in [0.2, 0.25) is 11.7 Å². The molecule has 0 aliphatic heterocycles. The van der Waals surface area contributed by atoms with Gasteiger partial charge in [-0.3, -0.25) is 19.4 Å². The third-order valence-electron chi connectivity index (χ3n) is 2.13. The maximum absolute atomic E-state index is 11.6. The van der Waals surface area contributed by atoms with Crippen molar-refractivity contribution >= 4 is 23.2 Å². The lowest BCUT2D eigenvalue weighted by Gasteiger charge is -2.12. The van der Waals surface area contributed by atoms with Crippen LogP contribution in [0.4, 0.5) is 5.69 Å². The lowest BCUT2D eigenvalue weighted by molar-refractivity contribution is -0.114. The molecule has 5 nitrogen and oxygen atoms in total. The fraction of sp³-hybridized carbons (Fsp3) is 0.0909. The summed E-state index contributed by atoms with van der Waals surface area (Å²) < 4.78 is 0. The maximum Gasteiger partial charge on any atom is 0.221 e. The number of aromatic nitrogens is 1. The molecule has 1 aliphatic carbocycles. The Morgan fingerprint density at radius 2 is 1.94 bits per heavy atom. The largest absolute Gasteiger partial charge is 0.326 e. The maximum atomic E-state index is 11.6. The summed E-state index contributed by atoms with van der Waals surface area (Å²) in [4.78, 5) is 37.8. The minimum Gasteiger partial charge on any atom is -0.326 e. The number of hydrogen-bond donors (Lipinski definition) is 1. The SMILES string of the molecule is CC(=O)Nc1ccnc2c1C(=O)C=CC2=O. The van der Waals surface area contributed by atoms with Crippen LogP contribution in [0.1, 0.15) is 27.8 Å². The summed E-state index contributed by atoms with van der Waals surface area (Å²) in [5.41, 5.74) is 0.559. The van der Waals surface area contributed by atoms with Crippen LogP contribution >= 0.6 is 0 Å². The van der Waals surface area contributed by atoms with Crippen molar-refractivity contribution in [3.8, 4) is 0 Å². The van der Waals surface area contributed by atoms with E-state index < -0.39 is 0 Å². The van der Waals surface area contributed by atoms with Gasteiger partial charge in [0.15, 0.2) is 5.78 Å². The van der Waals surface area contributed by atoms with Gasteiger partial charge >= 0.3 is 0 Å². The highest BCUT2D eigenvalue weighted by atomic mass is 16.2. The average Bonchev–Trinajstić information content (AvgIpc) is 2.23. The molecule has 0 atom stereocenters. The summed E-state index contributed by atoms with van der Waals surface area (Å²) in [5, 5.41) is 2.50. The number of ketones is 2. The van der Waals surface area contributed by atoms with Gasteiger partial charge in [-0.2, -0.15) is 0 Å². The molecule has 0 spiro atoms. The van der Waals surface area contributed by atoms with Crippen LogP contribution in [-0.2, 0) is 4.79 Å². The van der Waals surface area contributed by atoms with Crippen molar-refractivity contribution in [2.45, 2.75) is 6.92 Å². The molecule has 1 aromatic heterocycles. The van der Waals surface area contributed by atoms with Crippen molar-refractivity contribution in [2.24, 2.45) is 0 Å². The molecular formula is C11H8N2O3. The summed E-state index contributed by atoms with van der Waals surface area (Å²) in [6.45, 7) is 1.33. The van der Waals surface area contributed by atoms with E-state index in [0.29, 0.717) is 5.69 Å². The fourth-order valence-electron chi connectivity index (χ4n) is 1.51. The number of carbonyl (C=O) groups is 3. The zero-order valence-corrected chi connectivity index (χ0v) is 8.48. The molecule has 0 radical (unpaired) electrons. The van der Waals surface area contributed by atoms with Crippen LogP contribution in [0.3, 0.4) is 0 Å². The van der Waals surface area contributed by atoms with Gasteiger partial charge in [0.25, 0.3) is 0 Å². The van der Waals surface area contributed by atoms with Crippen LogP contribution in [0.25, 0.3) is 0 Å². The normalized spacial score (nSPS) is 13.6. The molecule has 2 rings (SSSR count). The van der Waals surface area contributed by atoms with Crippen molar-refractivity contribution in [3.05, 3.63) is 35.7 Å². The Morgan fingerprint density at radius 3 is 2.62 bits per heavy atom. The minimum atomic E-state index is -0.332. The van der Waals surface area contributed by atoms with E-state index in [4.69, 9.17) is 0 Å². The van der Waals surface area contributed by atoms with E-state index in [0.717, 1.165) is 0 Å². The molecule has 0 saturated carbocycles. The number of fused-ring (bicyclic) bond motifs is 1. The topological polar surface area (TPSA) is 76.1 Å². The van der Waals surface area contributed by atoms with Crippen LogP contribution in [0, 0.1) is 0 Å². The van der Waals surface area contributed by atoms with Crippen molar-refractivity contribution in [1.29, 1.82) is 0 Å². The highest BCUT2D eigenvalue weighted by Crippen LogP contribution is 2.22. The summed E-state index contributed by atoms with van der Waals surface area (Å²) >= 11 is 0. The Balaban J connectivity index is 2.59. The lowest BCUT2D eigenvalue weighted by Crippen LogP contribution is -2.18. The molecule has 16 heavy (non-hydrogen) atoms. The quantitative estimate of drug-likeness (QED) is 0.759. The molecular weight excluding hydrogens is 208 g/mol. The number of anilines is 1. The first kappa shape index (κ1) is 10.2. The Morgan fingerprint density at radius 1 is 1.25 bits per heavy atom. The lowest BCUT2D eigenvalue weighted by atomic mass is 9.98. The van der Waals surface area contributed by atoms with Crippen LogP contribution in [0.5, 0.6) is 0 Å². The number of rotatable bonds is 1. The molecule has 5 heteroatoms. The highest BCUT2D eigenvalue weighted by Gasteiger charge is 2.23. The zero-order valence-electron chi connectivity index (χ0n) is 8.48. The molecule has 1 aliphatic rings. The third-order valence-corrected chi connectivity index (χ3v) is 2.13. The van der Waals surface area contributed by atoms with E-state index in [1.807, 2.05) is 0 Å². The Kier molecular flexibility index (Phi) is 2.36. The van der Waals surface area contributed by atoms with Crippen LogP contribution in [0.15, 0.2) is 24.4 Å². The van der Waals surface area contributed by atoms with Crippen LogP contribution in [-0.4, -0.2) is 22.5 Å². The summed E-state index contributed by atoms with van der Waals surface area (Å²) in [6, 6.07) is 1.49. The molecule has 1 amide bonds. The first-order valence-electron chi connectivity index (χ1n) is 4.63. The van der Waals surface area contributed by atoms with E-state index >= 15 is 0 Å². The number of allylic oxidation sites excluding steroid dienone is 2. The number of hydrogen-bond acceptors (Lipinski definition) is 4. The first-order valence-corrected chi connectivity index (χ1v) is 4.63. The van der Waals surface area contributed by atoms with E-state index in [2.05, 4.69) is 10.3 Å². The predicted molar refractivity (Wildman–Crippen MR) is 56.3 cm³/mol. The molecule has 0 saturated heterocycles. The van der Waals surface area contributed by atoms with Crippen molar-refractivity contribution in [2.75, 3.05) is 5.32 Å². The molecule has 0 aromatic carbocycles. The smallest absolute Gasteiger partial charge is 0.221 e. The van der Waals surface area contributed by atoms with Gasteiger partial charge in [-0.1, -0.05) is 0 Å². The number of nitrogens with one attached hydrogen (secondary N) is 1.